The van der Waals surface area contributed by atoms with Gasteiger partial charge in [-0.15, -0.1) is 0 Å². The number of hydrogen-bond acceptors (Lipinski definition) is 5. The summed E-state index contributed by atoms with van der Waals surface area (Å²) in [6.45, 7) is 0. The Balaban J connectivity index is 1.02. The molecule has 0 aliphatic carbocycles. The van der Waals surface area contributed by atoms with Gasteiger partial charge in [0.1, 0.15) is 22.3 Å². The molecule has 0 radical (unpaired) electrons. The molecule has 0 amide bonds. The molecule has 11 rings (SSSR count). The maximum Gasteiger partial charge on any atom is 0.164 e. The minimum atomic E-state index is 0.578. The first-order valence-electron chi connectivity index (χ1n) is 18.7. The quantitative estimate of drug-likeness (QED) is 0.171. The van der Waals surface area contributed by atoms with Crippen molar-refractivity contribution < 1.29 is 8.83 Å². The average molecular weight is 718 g/mol. The Labute approximate surface area is 322 Å². The van der Waals surface area contributed by atoms with Crippen LogP contribution in [0.4, 0.5) is 0 Å². The Morgan fingerprint density at radius 3 is 1.62 bits per heavy atom. The second kappa shape index (κ2) is 13.0. The normalized spacial score (nSPS) is 11.6. The van der Waals surface area contributed by atoms with Crippen LogP contribution in [0.2, 0.25) is 0 Å². The molecule has 56 heavy (non-hydrogen) atoms. The van der Waals surface area contributed by atoms with Crippen molar-refractivity contribution in [3.05, 3.63) is 188 Å². The summed E-state index contributed by atoms with van der Waals surface area (Å²) < 4.78 is 13.0. The highest BCUT2D eigenvalue weighted by Gasteiger charge is 2.18. The van der Waals surface area contributed by atoms with Crippen molar-refractivity contribution in [1.29, 1.82) is 0 Å². The van der Waals surface area contributed by atoms with Gasteiger partial charge in [-0.05, 0) is 64.2 Å². The summed E-state index contributed by atoms with van der Waals surface area (Å²) in [5.74, 6) is 1.80. The van der Waals surface area contributed by atoms with Crippen LogP contribution in [0.15, 0.2) is 197 Å². The third-order valence-corrected chi connectivity index (χ3v) is 10.5. The van der Waals surface area contributed by atoms with Gasteiger partial charge in [0.25, 0.3) is 0 Å². The summed E-state index contributed by atoms with van der Waals surface area (Å²) in [6, 6.07) is 64.5. The maximum atomic E-state index is 6.59. The fourth-order valence-corrected chi connectivity index (χ4v) is 7.85. The number of furan rings is 2. The number of hydrogen-bond donors (Lipinski definition) is 0. The lowest BCUT2D eigenvalue weighted by molar-refractivity contribution is 0.669. The van der Waals surface area contributed by atoms with E-state index >= 15 is 0 Å². The first kappa shape index (κ1) is 31.9. The lowest BCUT2D eigenvalue weighted by atomic mass is 9.95. The lowest BCUT2D eigenvalue weighted by Gasteiger charge is -2.10. The lowest BCUT2D eigenvalue weighted by Crippen LogP contribution is -2.00. The molecule has 8 aromatic carbocycles. The molecule has 5 nitrogen and oxygen atoms in total. The highest BCUT2D eigenvalue weighted by molar-refractivity contribution is 6.14. The van der Waals surface area contributed by atoms with E-state index in [9.17, 15) is 0 Å². The van der Waals surface area contributed by atoms with Crippen molar-refractivity contribution in [3.8, 4) is 67.5 Å². The zero-order valence-electron chi connectivity index (χ0n) is 30.1. The van der Waals surface area contributed by atoms with Crippen molar-refractivity contribution in [2.24, 2.45) is 0 Å². The van der Waals surface area contributed by atoms with Crippen LogP contribution in [0.1, 0.15) is 0 Å². The molecule has 0 saturated heterocycles. The Morgan fingerprint density at radius 2 is 0.821 bits per heavy atom. The predicted octanol–water partition coefficient (Wildman–Crippen LogP) is 13.7. The average Bonchev–Trinajstić information content (AvgIpc) is 3.85. The van der Waals surface area contributed by atoms with E-state index in [4.69, 9.17) is 23.8 Å². The minimum Gasteiger partial charge on any atom is -0.456 e. The standard InChI is InChI=1S/C51H31N3O2/c1-3-13-32(14-4-1)34-17-9-20-37(29-34)50-52-49(33-15-5-2-6-16-33)53-51(54-50)38-27-28-43-46(31-38)55-45-26-12-22-39(47(43)45)35-18-10-19-36(30-35)40-23-11-24-42-41-21-7-8-25-44(41)56-48(40)42/h1-31H. The van der Waals surface area contributed by atoms with Crippen molar-refractivity contribution in [2.75, 3.05) is 0 Å². The van der Waals surface area contributed by atoms with Gasteiger partial charge in [0.2, 0.25) is 0 Å². The third-order valence-electron chi connectivity index (χ3n) is 10.5. The van der Waals surface area contributed by atoms with Crippen LogP contribution in [-0.4, -0.2) is 15.0 Å². The smallest absolute Gasteiger partial charge is 0.164 e. The van der Waals surface area contributed by atoms with E-state index in [0.717, 1.165) is 93.9 Å². The van der Waals surface area contributed by atoms with E-state index in [0.29, 0.717) is 17.5 Å². The van der Waals surface area contributed by atoms with E-state index in [1.54, 1.807) is 0 Å². The molecule has 0 spiro atoms. The molecule has 5 heteroatoms. The molecule has 262 valence electrons. The third kappa shape index (κ3) is 5.45. The molecule has 0 N–H and O–H groups in total. The molecule has 0 bridgehead atoms. The number of aromatic nitrogens is 3. The second-order valence-electron chi connectivity index (χ2n) is 14.0. The van der Waals surface area contributed by atoms with Gasteiger partial charge >= 0.3 is 0 Å². The highest BCUT2D eigenvalue weighted by Crippen LogP contribution is 2.41. The van der Waals surface area contributed by atoms with Gasteiger partial charge in [0.05, 0.1) is 0 Å². The molecule has 0 saturated carbocycles. The van der Waals surface area contributed by atoms with Gasteiger partial charge in [-0.3, -0.25) is 0 Å². The van der Waals surface area contributed by atoms with E-state index < -0.39 is 0 Å². The zero-order valence-corrected chi connectivity index (χ0v) is 30.1. The van der Waals surface area contributed by atoms with Crippen LogP contribution in [0.5, 0.6) is 0 Å². The van der Waals surface area contributed by atoms with Gasteiger partial charge in [-0.25, -0.2) is 15.0 Å². The van der Waals surface area contributed by atoms with Crippen LogP contribution in [0, 0.1) is 0 Å². The Kier molecular flexibility index (Phi) is 7.42. The van der Waals surface area contributed by atoms with Crippen molar-refractivity contribution in [1.82, 2.24) is 15.0 Å². The summed E-state index contributed by atoms with van der Waals surface area (Å²) in [6.07, 6.45) is 0. The summed E-state index contributed by atoms with van der Waals surface area (Å²) >= 11 is 0. The largest absolute Gasteiger partial charge is 0.456 e. The second-order valence-corrected chi connectivity index (χ2v) is 14.0. The van der Waals surface area contributed by atoms with E-state index in [2.05, 4.69) is 127 Å². The predicted molar refractivity (Wildman–Crippen MR) is 227 cm³/mol. The first-order valence-corrected chi connectivity index (χ1v) is 18.7. The van der Waals surface area contributed by atoms with Crippen LogP contribution in [0.25, 0.3) is 111 Å². The fourth-order valence-electron chi connectivity index (χ4n) is 7.85. The summed E-state index contributed by atoms with van der Waals surface area (Å²) in [5.41, 5.74) is 12.6. The SMILES string of the molecule is c1ccc(-c2cccc(-c3nc(-c4ccccc4)nc(-c4ccc5c(c4)oc4cccc(-c6cccc(-c7cccc8c7oc7ccccc78)c6)c45)n3)c2)cc1. The van der Waals surface area contributed by atoms with Crippen molar-refractivity contribution in [3.63, 3.8) is 0 Å². The van der Waals surface area contributed by atoms with E-state index in [-0.39, 0.29) is 0 Å². The zero-order chi connectivity index (χ0) is 37.0. The topological polar surface area (TPSA) is 65.0 Å². The summed E-state index contributed by atoms with van der Waals surface area (Å²) in [7, 11) is 0. The molecule has 3 heterocycles. The maximum absolute atomic E-state index is 6.59. The van der Waals surface area contributed by atoms with Crippen LogP contribution < -0.4 is 0 Å². The number of fused-ring (bicyclic) bond motifs is 6. The molecular formula is C51H31N3O2. The summed E-state index contributed by atoms with van der Waals surface area (Å²) in [5, 5.41) is 4.32. The van der Waals surface area contributed by atoms with Gasteiger partial charge in [-0.2, -0.15) is 0 Å². The molecule has 0 fully saturated rings. The number of rotatable bonds is 6. The first-order chi connectivity index (χ1) is 27.7. The van der Waals surface area contributed by atoms with Crippen LogP contribution in [0.3, 0.4) is 0 Å². The van der Waals surface area contributed by atoms with E-state index in [1.165, 1.54) is 0 Å². The van der Waals surface area contributed by atoms with Gasteiger partial charge in [0, 0.05) is 43.8 Å². The molecule has 0 unspecified atom stereocenters. The number of benzene rings is 8. The fraction of sp³-hybridized carbons (Fsp3) is 0. The monoisotopic (exact) mass is 717 g/mol. The molecule has 0 atom stereocenters. The highest BCUT2D eigenvalue weighted by atomic mass is 16.3. The van der Waals surface area contributed by atoms with Crippen LogP contribution >= 0.6 is 0 Å². The number of para-hydroxylation sites is 2. The summed E-state index contributed by atoms with van der Waals surface area (Å²) in [4.78, 5) is 15.1. The Hall–Kier alpha value is -7.63. The molecule has 0 aliphatic rings. The molecule has 11 aromatic rings. The Bertz CT molecular complexity index is 3250. The Morgan fingerprint density at radius 1 is 0.286 bits per heavy atom. The van der Waals surface area contributed by atoms with E-state index in [1.807, 2.05) is 60.7 Å². The molecular weight excluding hydrogens is 687 g/mol. The van der Waals surface area contributed by atoms with Gasteiger partial charge < -0.3 is 8.83 Å². The van der Waals surface area contributed by atoms with Gasteiger partial charge in [0.15, 0.2) is 17.5 Å². The van der Waals surface area contributed by atoms with Gasteiger partial charge in [-0.1, -0.05) is 152 Å². The van der Waals surface area contributed by atoms with Crippen molar-refractivity contribution in [2.45, 2.75) is 0 Å². The number of nitrogens with zero attached hydrogens (tertiary/aromatic N) is 3. The van der Waals surface area contributed by atoms with Crippen molar-refractivity contribution >= 4 is 43.9 Å². The van der Waals surface area contributed by atoms with Crippen LogP contribution in [-0.2, 0) is 0 Å². The molecule has 3 aromatic heterocycles. The molecule has 0 aliphatic heterocycles. The minimum absolute atomic E-state index is 0.578.